The van der Waals surface area contributed by atoms with Crippen LogP contribution in [0.15, 0.2) is 42.5 Å². The van der Waals surface area contributed by atoms with Crippen LogP contribution in [0.25, 0.3) is 0 Å². The number of aliphatic hydroxyl groups is 1. The maximum Gasteiger partial charge on any atom is 0.551 e. The van der Waals surface area contributed by atoms with Crippen LogP contribution in [-0.2, 0) is 4.46 Å². The minimum Gasteiger partial charge on any atom is -0.537 e. The first-order chi connectivity index (χ1) is 10.2. The normalized spacial score (nSPS) is 15.0. The molecule has 0 radical (unpaired) electrons. The number of rotatable bonds is 4. The maximum atomic E-state index is 11.6. The van der Waals surface area contributed by atoms with E-state index in [4.69, 9.17) is 17.2 Å². The minimum atomic E-state index is -3.42. The fourth-order valence-corrected chi connectivity index (χ4v) is 3.07. The molecule has 0 heterocycles. The van der Waals surface area contributed by atoms with E-state index in [0.29, 0.717) is 22.5 Å². The summed E-state index contributed by atoms with van der Waals surface area (Å²) in [7, 11) is -3.42. The molecule has 0 amide bonds. The van der Waals surface area contributed by atoms with Gasteiger partial charge in [-0.3, -0.25) is 5.73 Å². The minimum absolute atomic E-state index is 0.550. The Morgan fingerprint density at radius 3 is 2.14 bits per heavy atom. The second-order valence-electron chi connectivity index (χ2n) is 5.35. The summed E-state index contributed by atoms with van der Waals surface area (Å²) in [6.45, 7) is 1.81. The molecule has 0 saturated carbocycles. The topological polar surface area (TPSA) is 136 Å². The Balaban J connectivity index is 2.65. The van der Waals surface area contributed by atoms with Crippen LogP contribution in [0, 0.1) is 6.92 Å². The van der Waals surface area contributed by atoms with Gasteiger partial charge in [0, 0.05) is 11.4 Å². The molecule has 22 heavy (non-hydrogen) atoms. The molecule has 0 saturated heterocycles. The summed E-state index contributed by atoms with van der Waals surface area (Å²) in [6, 6.07) is 11.8. The van der Waals surface area contributed by atoms with Crippen LogP contribution in [0.1, 0.15) is 22.6 Å². The first kappa shape index (κ1) is 16.2. The molecule has 116 valence electrons. The fraction of sp³-hybridized carbons (Fsp3) is 0.200. The van der Waals surface area contributed by atoms with Gasteiger partial charge in [-0.25, -0.2) is 0 Å². The van der Waals surface area contributed by atoms with Crippen LogP contribution >= 0.6 is 0 Å². The van der Waals surface area contributed by atoms with Gasteiger partial charge in [-0.05, 0) is 47.9 Å². The molecule has 2 aromatic carbocycles. The lowest BCUT2D eigenvalue weighted by molar-refractivity contribution is 0.0852. The molecule has 0 aliphatic carbocycles. The summed E-state index contributed by atoms with van der Waals surface area (Å²) in [5.74, 6) is -0.870. The number of nitrogen functional groups attached to an aromatic ring is 2. The van der Waals surface area contributed by atoms with E-state index < -0.39 is 20.2 Å². The van der Waals surface area contributed by atoms with E-state index in [2.05, 4.69) is 0 Å². The summed E-state index contributed by atoms with van der Waals surface area (Å²) in [5, 5.41) is 8.14. The Morgan fingerprint density at radius 2 is 1.64 bits per heavy atom. The van der Waals surface area contributed by atoms with Crippen molar-refractivity contribution in [2.24, 2.45) is 5.73 Å². The highest BCUT2D eigenvalue weighted by Gasteiger charge is 2.45. The SMILES string of the molecule is Cc1cc(N)ccc1C(c1ccc(N)cc1)C(N)(O)[Si](=O)O. The van der Waals surface area contributed by atoms with Crippen molar-refractivity contribution in [3.8, 4) is 0 Å². The predicted octanol–water partition coefficient (Wildman–Crippen LogP) is 0.389. The molecule has 6 nitrogen and oxygen atoms in total. The lowest BCUT2D eigenvalue weighted by atomic mass is 9.86. The Morgan fingerprint density at radius 1 is 1.09 bits per heavy atom. The highest BCUT2D eigenvalue weighted by molar-refractivity contribution is 6.37. The fourth-order valence-electron chi connectivity index (χ4n) is 2.51. The number of anilines is 2. The molecule has 2 aromatic rings. The lowest BCUT2D eigenvalue weighted by Crippen LogP contribution is -2.55. The first-order valence-corrected chi connectivity index (χ1v) is 8.05. The van der Waals surface area contributed by atoms with Gasteiger partial charge in [0.1, 0.15) is 0 Å². The Bertz CT molecular complexity index is 702. The van der Waals surface area contributed by atoms with Crippen molar-refractivity contribution < 1.29 is 14.4 Å². The van der Waals surface area contributed by atoms with E-state index in [0.717, 1.165) is 5.56 Å². The maximum absolute atomic E-state index is 11.6. The molecular weight excluding hydrogens is 298 g/mol. The van der Waals surface area contributed by atoms with Crippen LogP contribution in [0.5, 0.6) is 0 Å². The van der Waals surface area contributed by atoms with Crippen LogP contribution in [-0.4, -0.2) is 24.2 Å². The highest BCUT2D eigenvalue weighted by Crippen LogP contribution is 2.35. The molecule has 8 N–H and O–H groups in total. The van der Waals surface area contributed by atoms with Gasteiger partial charge in [0.05, 0.1) is 5.92 Å². The van der Waals surface area contributed by atoms with Crippen molar-refractivity contribution >= 4 is 20.3 Å². The Hall–Kier alpha value is -2.22. The zero-order chi connectivity index (χ0) is 16.5. The van der Waals surface area contributed by atoms with Gasteiger partial charge in [0.2, 0.25) is 5.35 Å². The third-order valence-corrected chi connectivity index (χ3v) is 4.63. The largest absolute Gasteiger partial charge is 0.551 e. The molecule has 0 aromatic heterocycles. The molecule has 0 aliphatic heterocycles. The number of hydrogen-bond acceptors (Lipinski definition) is 5. The van der Waals surface area contributed by atoms with Crippen molar-refractivity contribution in [2.45, 2.75) is 18.2 Å². The van der Waals surface area contributed by atoms with Gasteiger partial charge in [0.25, 0.3) is 0 Å². The smallest absolute Gasteiger partial charge is 0.537 e. The number of aryl methyl sites for hydroxylation is 1. The summed E-state index contributed by atoms with van der Waals surface area (Å²) < 4.78 is 11.6. The van der Waals surface area contributed by atoms with Gasteiger partial charge in [-0.1, -0.05) is 18.2 Å². The van der Waals surface area contributed by atoms with Crippen LogP contribution in [0.2, 0.25) is 0 Å². The molecule has 0 bridgehead atoms. The molecular formula is C15H19N3O3Si. The van der Waals surface area contributed by atoms with Gasteiger partial charge < -0.3 is 25.8 Å². The van der Waals surface area contributed by atoms with Crippen molar-refractivity contribution in [2.75, 3.05) is 11.5 Å². The average molecular weight is 317 g/mol. The van der Waals surface area contributed by atoms with E-state index >= 15 is 0 Å². The molecule has 0 fully saturated rings. The Labute approximate surface area is 130 Å². The summed E-state index contributed by atoms with van der Waals surface area (Å²) in [6.07, 6.45) is 0. The third kappa shape index (κ3) is 3.01. The van der Waals surface area contributed by atoms with E-state index in [1.165, 1.54) is 0 Å². The first-order valence-electron chi connectivity index (χ1n) is 6.69. The molecule has 2 atom stereocenters. The van der Waals surface area contributed by atoms with Crippen molar-refractivity contribution in [1.82, 2.24) is 0 Å². The second kappa shape index (κ2) is 5.88. The standard InChI is InChI=1S/C15H19N3O3Si/c1-9-8-12(17)6-7-13(9)14(15(18,19)22(20)21)10-2-4-11(16)5-3-10/h2-8,14,19-20H,16-18H2,1H3. The quantitative estimate of drug-likeness (QED) is 0.314. The monoisotopic (exact) mass is 317 g/mol. The third-order valence-electron chi connectivity index (χ3n) is 3.66. The van der Waals surface area contributed by atoms with Crippen molar-refractivity contribution in [3.63, 3.8) is 0 Å². The van der Waals surface area contributed by atoms with Crippen molar-refractivity contribution in [1.29, 1.82) is 0 Å². The predicted molar refractivity (Wildman–Crippen MR) is 86.1 cm³/mol. The van der Waals surface area contributed by atoms with Gasteiger partial charge in [-0.15, -0.1) is 0 Å². The molecule has 2 unspecified atom stereocenters. The average Bonchev–Trinajstić information content (AvgIpc) is 2.43. The molecule has 7 heteroatoms. The Kier molecular flexibility index (Phi) is 4.31. The van der Waals surface area contributed by atoms with E-state index in [1.807, 2.05) is 0 Å². The zero-order valence-electron chi connectivity index (χ0n) is 12.2. The van der Waals surface area contributed by atoms with Gasteiger partial charge in [-0.2, -0.15) is 0 Å². The molecule has 2 rings (SSSR count). The van der Waals surface area contributed by atoms with Gasteiger partial charge >= 0.3 is 8.93 Å². The van der Waals surface area contributed by atoms with Crippen LogP contribution < -0.4 is 17.2 Å². The second-order valence-corrected chi connectivity index (χ2v) is 6.76. The van der Waals surface area contributed by atoms with Gasteiger partial charge in [0.15, 0.2) is 0 Å². The summed E-state index contributed by atoms with van der Waals surface area (Å²) in [5.41, 5.74) is 20.3. The zero-order valence-corrected chi connectivity index (χ0v) is 13.2. The number of hydrogen-bond donors (Lipinski definition) is 5. The van der Waals surface area contributed by atoms with Crippen LogP contribution in [0.3, 0.4) is 0 Å². The van der Waals surface area contributed by atoms with Crippen molar-refractivity contribution in [3.05, 3.63) is 59.2 Å². The number of benzene rings is 2. The van der Waals surface area contributed by atoms with E-state index in [9.17, 15) is 14.4 Å². The van der Waals surface area contributed by atoms with E-state index in [-0.39, 0.29) is 0 Å². The summed E-state index contributed by atoms with van der Waals surface area (Å²) in [4.78, 5) is 9.50. The number of nitrogens with two attached hydrogens (primary N) is 3. The van der Waals surface area contributed by atoms with Crippen LogP contribution in [0.4, 0.5) is 11.4 Å². The lowest BCUT2D eigenvalue weighted by Gasteiger charge is -2.30. The molecule has 0 spiro atoms. The molecule has 0 aliphatic rings. The highest BCUT2D eigenvalue weighted by atomic mass is 28.3. The van der Waals surface area contributed by atoms with E-state index in [1.54, 1.807) is 49.4 Å². The summed E-state index contributed by atoms with van der Waals surface area (Å²) >= 11 is 0.